The van der Waals surface area contributed by atoms with E-state index in [1.165, 1.54) is 19.5 Å². The van der Waals surface area contributed by atoms with Crippen LogP contribution in [-0.4, -0.2) is 47.2 Å². The molecule has 0 aromatic heterocycles. The molecule has 0 aliphatic heterocycles. The largest absolute Gasteiger partial charge is 0.462 e. The first-order chi connectivity index (χ1) is 17.3. The summed E-state index contributed by atoms with van der Waals surface area (Å²) in [5.74, 6) is 1.39. The molecule has 0 aromatic rings. The van der Waals surface area contributed by atoms with Gasteiger partial charge in [-0.15, -0.1) is 0 Å². The van der Waals surface area contributed by atoms with Crippen LogP contribution in [0.2, 0.25) is 0 Å². The molecule has 0 bridgehead atoms. The van der Waals surface area contributed by atoms with E-state index in [1.807, 2.05) is 6.08 Å². The molecule has 4 saturated carbocycles. The smallest absolute Gasteiger partial charge is 0.341 e. The molecule has 0 aromatic carbocycles. The number of carbonyl (C=O) groups is 3. The number of allylic oxidation sites excluding steroid dienone is 2. The van der Waals surface area contributed by atoms with Crippen molar-refractivity contribution in [2.75, 3.05) is 7.05 Å². The van der Waals surface area contributed by atoms with Gasteiger partial charge < -0.3 is 10.1 Å². The highest BCUT2D eigenvalue weighted by atomic mass is 16.5. The predicted molar refractivity (Wildman–Crippen MR) is 140 cm³/mol. The van der Waals surface area contributed by atoms with Crippen LogP contribution in [0, 0.1) is 45.8 Å². The van der Waals surface area contributed by atoms with E-state index in [1.54, 1.807) is 0 Å². The van der Waals surface area contributed by atoms with E-state index in [0.717, 1.165) is 57.8 Å². The summed E-state index contributed by atoms with van der Waals surface area (Å²) in [7, 11) is 1.35. The maximum Gasteiger partial charge on any atom is 0.341 e. The second kappa shape index (κ2) is 9.10. The van der Waals surface area contributed by atoms with Gasteiger partial charge in [0.1, 0.15) is 6.10 Å². The van der Waals surface area contributed by atoms with Gasteiger partial charge in [-0.05, 0) is 104 Å². The Kier molecular flexibility index (Phi) is 6.57. The lowest BCUT2D eigenvalue weighted by Gasteiger charge is -2.65. The average molecular weight is 515 g/mol. The Labute approximate surface area is 221 Å². The summed E-state index contributed by atoms with van der Waals surface area (Å²) < 4.78 is 5.71. The Morgan fingerprint density at radius 3 is 2.38 bits per heavy atom. The van der Waals surface area contributed by atoms with Crippen LogP contribution in [0.1, 0.15) is 92.4 Å². The molecule has 2 amide bonds. The second-order valence-electron chi connectivity index (χ2n) is 13.9. The zero-order chi connectivity index (χ0) is 26.9. The quantitative estimate of drug-likeness (QED) is 0.288. The number of urea groups is 1. The number of ether oxygens (including phenoxy) is 1. The predicted octanol–water partition coefficient (Wildman–Crippen LogP) is 5.51. The maximum atomic E-state index is 14.2. The van der Waals surface area contributed by atoms with Crippen molar-refractivity contribution in [1.29, 1.82) is 0 Å². The van der Waals surface area contributed by atoms with Gasteiger partial charge >= 0.3 is 12.0 Å². The number of hydrogen-bond donors (Lipinski definition) is 2. The van der Waals surface area contributed by atoms with Gasteiger partial charge in [-0.25, -0.2) is 9.86 Å². The molecule has 206 valence electrons. The van der Waals surface area contributed by atoms with Gasteiger partial charge in [0.2, 0.25) is 0 Å². The molecule has 5 aliphatic rings. The summed E-state index contributed by atoms with van der Waals surface area (Å²) in [5.41, 5.74) is 1.33. The first kappa shape index (κ1) is 26.7. The maximum absolute atomic E-state index is 14.2. The van der Waals surface area contributed by atoms with Crippen LogP contribution in [0.25, 0.3) is 0 Å². The van der Waals surface area contributed by atoms with Crippen LogP contribution < -0.4 is 5.32 Å². The number of rotatable bonds is 2. The summed E-state index contributed by atoms with van der Waals surface area (Å²) in [6.45, 7) is 10.8. The van der Waals surface area contributed by atoms with E-state index < -0.39 is 6.03 Å². The van der Waals surface area contributed by atoms with Gasteiger partial charge in [0.25, 0.3) is 0 Å². The van der Waals surface area contributed by atoms with E-state index in [0.29, 0.717) is 22.7 Å². The summed E-state index contributed by atoms with van der Waals surface area (Å²) in [6.07, 6.45) is 10.9. The molecule has 37 heavy (non-hydrogen) atoms. The number of amides is 2. The van der Waals surface area contributed by atoms with Gasteiger partial charge in [-0.2, -0.15) is 0 Å². The Hall–Kier alpha value is -1.89. The third-order valence-corrected chi connectivity index (χ3v) is 11.9. The van der Waals surface area contributed by atoms with E-state index in [4.69, 9.17) is 4.74 Å². The molecule has 0 heterocycles. The molecular formula is C30H46N2O5. The van der Waals surface area contributed by atoms with Crippen LogP contribution in [-0.2, 0) is 14.3 Å². The van der Waals surface area contributed by atoms with Crippen molar-refractivity contribution in [2.24, 2.45) is 45.8 Å². The summed E-state index contributed by atoms with van der Waals surface area (Å²) >= 11 is 0. The SMILES string of the molecule is CC(=O)OC1CCC2(C)C(CCC3(C)C4CCC5(C)CCC(NC(=O)N(C)O)CC5C4=CC(=O)C32)C1C. The van der Waals surface area contributed by atoms with E-state index in [2.05, 4.69) is 33.0 Å². The third kappa shape index (κ3) is 4.15. The Bertz CT molecular complexity index is 1010. The van der Waals surface area contributed by atoms with Crippen molar-refractivity contribution < 1.29 is 24.3 Å². The number of esters is 1. The molecular weight excluding hydrogens is 468 g/mol. The lowest BCUT2D eigenvalue weighted by molar-refractivity contribution is -0.180. The number of carbonyl (C=O) groups excluding carboxylic acids is 3. The average Bonchev–Trinajstić information content (AvgIpc) is 2.80. The van der Waals surface area contributed by atoms with Gasteiger partial charge in [0.15, 0.2) is 5.78 Å². The van der Waals surface area contributed by atoms with Crippen molar-refractivity contribution in [3.05, 3.63) is 11.6 Å². The summed E-state index contributed by atoms with van der Waals surface area (Å²) in [4.78, 5) is 38.1. The van der Waals surface area contributed by atoms with Crippen LogP contribution in [0.3, 0.4) is 0 Å². The zero-order valence-electron chi connectivity index (χ0n) is 23.5. The molecule has 4 fully saturated rings. The van der Waals surface area contributed by atoms with E-state index in [-0.39, 0.29) is 52.1 Å². The van der Waals surface area contributed by atoms with Gasteiger partial charge in [0, 0.05) is 25.9 Å². The fraction of sp³-hybridized carbons (Fsp3) is 0.833. The van der Waals surface area contributed by atoms with Crippen LogP contribution in [0.5, 0.6) is 0 Å². The number of ketones is 1. The first-order valence-corrected chi connectivity index (χ1v) is 14.5. The Balaban J connectivity index is 1.45. The van der Waals surface area contributed by atoms with Gasteiger partial charge in [-0.1, -0.05) is 33.3 Å². The minimum atomic E-state index is -0.466. The monoisotopic (exact) mass is 514 g/mol. The molecule has 7 heteroatoms. The highest BCUT2D eigenvalue weighted by molar-refractivity contribution is 5.95. The lowest BCUT2D eigenvalue weighted by atomic mass is 9.38. The highest BCUT2D eigenvalue weighted by Gasteiger charge is 2.65. The molecule has 10 atom stereocenters. The molecule has 0 radical (unpaired) electrons. The van der Waals surface area contributed by atoms with Crippen LogP contribution in [0.4, 0.5) is 4.79 Å². The number of hydrogen-bond acceptors (Lipinski definition) is 5. The fourth-order valence-electron chi connectivity index (χ4n) is 10.1. The van der Waals surface area contributed by atoms with Crippen molar-refractivity contribution in [3.63, 3.8) is 0 Å². The van der Waals surface area contributed by atoms with Crippen molar-refractivity contribution >= 4 is 17.8 Å². The second-order valence-corrected chi connectivity index (χ2v) is 13.9. The van der Waals surface area contributed by atoms with Crippen molar-refractivity contribution in [3.8, 4) is 0 Å². The molecule has 5 rings (SSSR count). The number of nitrogens with zero attached hydrogens (tertiary/aromatic N) is 1. The molecule has 2 N–H and O–H groups in total. The normalized spacial score (nSPS) is 46.8. The zero-order valence-corrected chi connectivity index (χ0v) is 23.5. The lowest BCUT2D eigenvalue weighted by Crippen LogP contribution is -2.62. The minimum Gasteiger partial charge on any atom is -0.462 e. The Morgan fingerprint density at radius 2 is 1.70 bits per heavy atom. The molecule has 0 saturated heterocycles. The van der Waals surface area contributed by atoms with Crippen LogP contribution >= 0.6 is 0 Å². The van der Waals surface area contributed by atoms with E-state index in [9.17, 15) is 19.6 Å². The summed E-state index contributed by atoms with van der Waals surface area (Å²) in [6, 6.07) is -0.461. The van der Waals surface area contributed by atoms with E-state index >= 15 is 0 Å². The van der Waals surface area contributed by atoms with Crippen molar-refractivity contribution in [2.45, 2.75) is 105 Å². The highest BCUT2D eigenvalue weighted by Crippen LogP contribution is 2.69. The number of fused-ring (bicyclic) bond motifs is 7. The third-order valence-electron chi connectivity index (χ3n) is 11.9. The standard InChI is InChI=1S/C30H46N2O5/c1-17-21-9-13-30(5)22-8-12-28(3)11-7-19(31-27(35)32(6)36)15-23(28)20(22)16-24(34)26(30)29(21,4)14-10-25(17)37-18(2)33/h16-17,19,21-23,25-26,36H,7-15H2,1-6H3,(H,31,35). The van der Waals surface area contributed by atoms with Gasteiger partial charge in [0.05, 0.1) is 0 Å². The van der Waals surface area contributed by atoms with Gasteiger partial charge in [-0.3, -0.25) is 14.8 Å². The summed E-state index contributed by atoms with van der Waals surface area (Å²) in [5, 5.41) is 13.2. The van der Waals surface area contributed by atoms with Crippen molar-refractivity contribution in [1.82, 2.24) is 10.4 Å². The number of hydroxylamine groups is 2. The Morgan fingerprint density at radius 1 is 1.03 bits per heavy atom. The topological polar surface area (TPSA) is 95.9 Å². The number of nitrogens with one attached hydrogen (secondary N) is 1. The molecule has 0 spiro atoms. The van der Waals surface area contributed by atoms with Crippen LogP contribution in [0.15, 0.2) is 11.6 Å². The molecule has 10 unspecified atom stereocenters. The molecule has 5 aliphatic carbocycles. The molecule has 7 nitrogen and oxygen atoms in total. The minimum absolute atomic E-state index is 0.000266. The first-order valence-electron chi connectivity index (χ1n) is 14.5. The fourth-order valence-corrected chi connectivity index (χ4v) is 10.1.